The van der Waals surface area contributed by atoms with E-state index in [1.54, 1.807) is 0 Å². The second-order valence-corrected chi connectivity index (χ2v) is 17.7. The highest BCUT2D eigenvalue weighted by atomic mass is 32.2. The molecule has 0 saturated heterocycles. The molecule has 0 amide bonds. The van der Waals surface area contributed by atoms with Crippen molar-refractivity contribution < 1.29 is 110 Å². The van der Waals surface area contributed by atoms with Crippen LogP contribution in [0.2, 0.25) is 0 Å². The van der Waals surface area contributed by atoms with Crippen LogP contribution >= 0.6 is 0 Å². The molecule has 0 aromatic heterocycles. The molecule has 5 aromatic rings. The summed E-state index contributed by atoms with van der Waals surface area (Å²) in [7, 11) is 0.482. The highest BCUT2D eigenvalue weighted by Gasteiger charge is 2.47. The van der Waals surface area contributed by atoms with Crippen LogP contribution in [0.1, 0.15) is 57.0 Å². The first kappa shape index (κ1) is 57.2. The topological polar surface area (TPSA) is 9.23 Å². The maximum Gasteiger partial charge on any atom is 0.416 e. The van der Waals surface area contributed by atoms with E-state index in [-0.39, 0.29) is 0 Å². The van der Waals surface area contributed by atoms with Gasteiger partial charge in [0, 0.05) is 5.56 Å². The van der Waals surface area contributed by atoms with Crippen LogP contribution in [0.3, 0.4) is 0 Å². The Labute approximate surface area is 382 Å². The Bertz CT molecular complexity index is 2170. The van der Waals surface area contributed by atoms with Crippen molar-refractivity contribution >= 4 is 38.9 Å². The van der Waals surface area contributed by atoms with Crippen molar-refractivity contribution in [1.29, 1.82) is 0 Å². The minimum atomic E-state index is -6.13. The third kappa shape index (κ3) is 13.7. The van der Waals surface area contributed by atoms with Gasteiger partial charge in [-0.05, 0) is 54.2 Å². The number of alkyl halides is 24. The number of hydrogen-bond acceptors (Lipinski definition) is 1. The highest BCUT2D eigenvalue weighted by Crippen LogP contribution is 2.41. The van der Waals surface area contributed by atoms with Gasteiger partial charge >= 0.3 is 49.4 Å². The van der Waals surface area contributed by atoms with Gasteiger partial charge in [-0.2, -0.15) is 127 Å². The van der Waals surface area contributed by atoms with E-state index in [4.69, 9.17) is 4.74 Å². The monoisotopic (exact) mass is 1060 g/mol. The van der Waals surface area contributed by atoms with Gasteiger partial charge in [-0.1, -0.05) is 60.7 Å². The molecule has 0 bridgehead atoms. The van der Waals surface area contributed by atoms with Crippen LogP contribution in [0.5, 0.6) is 5.75 Å². The van der Waals surface area contributed by atoms with E-state index in [2.05, 4.69) is 24.6 Å². The van der Waals surface area contributed by atoms with Crippen molar-refractivity contribution in [1.82, 2.24) is 0 Å². The molecule has 0 unspecified atom stereocenters. The van der Waals surface area contributed by atoms with Crippen molar-refractivity contribution in [3.8, 4) is 5.75 Å². The summed E-state index contributed by atoms with van der Waals surface area (Å²) in [5.41, 5.74) is -28.8. The van der Waals surface area contributed by atoms with E-state index >= 15 is 0 Å². The quantitative estimate of drug-likeness (QED) is 0.0855. The zero-order valence-electron chi connectivity index (χ0n) is 35.1. The van der Waals surface area contributed by atoms with Crippen LogP contribution in [0, 0.1) is 0 Å². The van der Waals surface area contributed by atoms with Crippen LogP contribution in [-0.4, -0.2) is 25.3 Å². The molecule has 0 aliphatic carbocycles. The Morgan fingerprint density at radius 1 is 0.343 bits per heavy atom. The molecule has 1 nitrogen and oxygen atoms in total. The molecule has 0 atom stereocenters. The molecule has 0 radical (unpaired) electrons. The molecular formula is C43H29BF24OS. The van der Waals surface area contributed by atoms with Crippen LogP contribution < -0.4 is 26.6 Å². The van der Waals surface area contributed by atoms with Gasteiger partial charge in [-0.25, -0.2) is 0 Å². The Morgan fingerprint density at radius 3 is 0.700 bits per heavy atom. The lowest BCUT2D eigenvalue weighted by atomic mass is 9.12. The first-order valence-electron chi connectivity index (χ1n) is 19.1. The summed E-state index contributed by atoms with van der Waals surface area (Å²) >= 11 is 0. The van der Waals surface area contributed by atoms with Crippen molar-refractivity contribution in [2.45, 2.75) is 62.1 Å². The van der Waals surface area contributed by atoms with E-state index in [9.17, 15) is 105 Å². The van der Waals surface area contributed by atoms with E-state index in [0.29, 0.717) is 10.9 Å². The fourth-order valence-electron chi connectivity index (χ4n) is 7.25. The van der Waals surface area contributed by atoms with Crippen LogP contribution in [0.15, 0.2) is 97.1 Å². The van der Waals surface area contributed by atoms with Gasteiger partial charge in [-0.15, -0.1) is 0 Å². The highest BCUT2D eigenvalue weighted by molar-refractivity contribution is 7.94. The number of halogens is 24. The predicted octanol–water partition coefficient (Wildman–Crippen LogP) is 13.7. The summed E-state index contributed by atoms with van der Waals surface area (Å²) in [5.74, 6) is 2.14. The molecule has 0 N–H and O–H groups in total. The van der Waals surface area contributed by atoms with Gasteiger partial charge in [0.1, 0.15) is 17.6 Å². The fourth-order valence-corrected chi connectivity index (χ4v) is 8.11. The summed E-state index contributed by atoms with van der Waals surface area (Å²) in [4.78, 5) is 0. The second kappa shape index (κ2) is 19.7. The standard InChI is InChI=1S/C32H12BF24.C11H17OS/c34-25(35,36)13-1-14(26(37,38)39)6-21(5-13)33(22-7-15(27(40,41)42)2-16(8-22)28(43,44)45,23-9-17(29(46,47)48)3-18(10-23)30(49,50)51)24-11-19(31(52,53)54)4-20(12-24)32(55,56)57;1-4-12-11-7-5-10(6-8-11)9-13(2)3/h1-12H;5-8H,4,9H2,1-3H3/q-1;+1. The second-order valence-electron chi connectivity index (χ2n) is 15.4. The van der Waals surface area contributed by atoms with E-state index in [1.165, 1.54) is 11.3 Å². The molecule has 0 fully saturated rings. The lowest BCUT2D eigenvalue weighted by Gasteiger charge is -2.46. The number of benzene rings is 5. The number of rotatable bonds is 8. The summed E-state index contributed by atoms with van der Waals surface area (Å²) in [5, 5.41) is 0. The minimum Gasteiger partial charge on any atom is -0.494 e. The van der Waals surface area contributed by atoms with Crippen molar-refractivity contribution in [3.63, 3.8) is 0 Å². The van der Waals surface area contributed by atoms with Crippen molar-refractivity contribution in [2.24, 2.45) is 0 Å². The predicted molar refractivity (Wildman–Crippen MR) is 211 cm³/mol. The smallest absolute Gasteiger partial charge is 0.416 e. The molecule has 5 aromatic carbocycles. The minimum absolute atomic E-state index is 0.482. The lowest BCUT2D eigenvalue weighted by Crippen LogP contribution is -2.75. The van der Waals surface area contributed by atoms with Crippen molar-refractivity contribution in [2.75, 3.05) is 19.1 Å². The van der Waals surface area contributed by atoms with Gasteiger partial charge < -0.3 is 4.74 Å². The summed E-state index contributed by atoms with van der Waals surface area (Å²) < 4.78 is 346. The Morgan fingerprint density at radius 2 is 0.543 bits per heavy atom. The van der Waals surface area contributed by atoms with Crippen LogP contribution in [0.25, 0.3) is 0 Å². The van der Waals surface area contributed by atoms with E-state index in [0.717, 1.165) is 12.4 Å². The Balaban J connectivity index is 0.000000707. The molecule has 384 valence electrons. The van der Waals surface area contributed by atoms with Gasteiger partial charge in [0.25, 0.3) is 0 Å². The van der Waals surface area contributed by atoms with Gasteiger partial charge in [0.2, 0.25) is 0 Å². The maximum atomic E-state index is 14.2. The van der Waals surface area contributed by atoms with Gasteiger partial charge in [0.05, 0.1) is 63.6 Å². The third-order valence-corrected chi connectivity index (χ3v) is 11.0. The largest absolute Gasteiger partial charge is 0.494 e. The first-order chi connectivity index (χ1) is 31.5. The third-order valence-electron chi connectivity index (χ3n) is 10.1. The molecule has 0 spiro atoms. The van der Waals surface area contributed by atoms with E-state index < -0.39 is 195 Å². The number of hydrogen-bond donors (Lipinski definition) is 0. The molecule has 27 heteroatoms. The number of ether oxygens (including phenoxy) is 1. The summed E-state index contributed by atoms with van der Waals surface area (Å²) in [6.07, 6.45) is -50.3. The molecule has 5 rings (SSSR count). The van der Waals surface area contributed by atoms with Crippen molar-refractivity contribution in [3.05, 3.63) is 147 Å². The zero-order valence-corrected chi connectivity index (χ0v) is 35.9. The van der Waals surface area contributed by atoms with Gasteiger partial charge in [0.15, 0.2) is 0 Å². The Kier molecular flexibility index (Phi) is 16.1. The SMILES string of the molecule is CCOc1ccc(C[S+](C)C)cc1.FC(F)(F)c1cc([B-](c2cc(C(F)(F)F)cc(C(F)(F)F)c2)(c2cc(C(F)(F)F)cc(C(F)(F)F)c2)c2cc(C(F)(F)F)cc(C(F)(F)F)c2)cc(C(F)(F)F)c1. The molecule has 0 aliphatic heterocycles. The average molecular weight is 1060 g/mol. The normalized spacial score (nSPS) is 13.6. The Hall–Kier alpha value is -5.37. The zero-order chi connectivity index (χ0) is 53.6. The van der Waals surface area contributed by atoms with Gasteiger partial charge in [-0.3, -0.25) is 0 Å². The molecule has 0 heterocycles. The fraction of sp³-hybridized carbons (Fsp3) is 0.302. The average Bonchev–Trinajstić information content (AvgIpc) is 3.19. The molecule has 0 saturated carbocycles. The molecule has 0 aliphatic rings. The molecular weight excluding hydrogens is 1030 g/mol. The van der Waals surface area contributed by atoms with E-state index in [1.807, 2.05) is 19.1 Å². The summed E-state index contributed by atoms with van der Waals surface area (Å²) in [6.45, 7) is 2.74. The maximum absolute atomic E-state index is 14.2. The first-order valence-corrected chi connectivity index (χ1v) is 21.3. The lowest BCUT2D eigenvalue weighted by molar-refractivity contribution is -0.144. The molecule has 70 heavy (non-hydrogen) atoms. The summed E-state index contributed by atoms with van der Waals surface area (Å²) in [6, 6.07) is -0.414. The van der Waals surface area contributed by atoms with Crippen LogP contribution in [-0.2, 0) is 66.1 Å². The van der Waals surface area contributed by atoms with Crippen LogP contribution in [0.4, 0.5) is 105 Å².